The lowest BCUT2D eigenvalue weighted by atomic mass is 10.1. The van der Waals surface area contributed by atoms with E-state index < -0.39 is 11.9 Å². The number of rotatable bonds is 4. The normalized spacial score (nSPS) is 10.2. The van der Waals surface area contributed by atoms with E-state index in [0.717, 1.165) is 9.46 Å². The Morgan fingerprint density at radius 2 is 1.04 bits per heavy atom. The molecule has 6 nitrogen and oxygen atoms in total. The second-order valence-electron chi connectivity index (χ2n) is 5.03. The summed E-state index contributed by atoms with van der Waals surface area (Å²) in [5, 5.41) is 0. The summed E-state index contributed by atoms with van der Waals surface area (Å²) < 4.78 is 2.92. The van der Waals surface area contributed by atoms with Crippen molar-refractivity contribution in [3.8, 4) is 0 Å². The second-order valence-corrected chi connectivity index (χ2v) is 5.87. The molecule has 130 valence electrons. The van der Waals surface area contributed by atoms with E-state index in [2.05, 4.69) is 0 Å². The zero-order valence-corrected chi connectivity index (χ0v) is 14.9. The van der Waals surface area contributed by atoms with Crippen molar-refractivity contribution in [3.63, 3.8) is 0 Å². The maximum absolute atomic E-state index is 12.5. The van der Waals surface area contributed by atoms with Gasteiger partial charge in [0.25, 0.3) is 0 Å². The number of benzene rings is 1. The summed E-state index contributed by atoms with van der Waals surface area (Å²) in [5.41, 5.74) is 0.0939. The molecule has 0 aliphatic carbocycles. The van der Waals surface area contributed by atoms with Crippen LogP contribution >= 0.6 is 24.4 Å². The highest BCUT2D eigenvalue weighted by Crippen LogP contribution is 2.11. The first kappa shape index (κ1) is 17.7. The molecule has 0 atom stereocenters. The highest BCUT2D eigenvalue weighted by molar-refractivity contribution is 7.71. The molecule has 3 aromatic rings. The number of aromatic nitrogens is 2. The fraction of sp³-hybridized carbons (Fsp3) is 0. The maximum atomic E-state index is 12.5. The van der Waals surface area contributed by atoms with Crippen LogP contribution in [-0.2, 0) is 0 Å². The van der Waals surface area contributed by atoms with Gasteiger partial charge in [0.2, 0.25) is 0 Å². The Morgan fingerprint density at radius 3 is 1.42 bits per heavy atom. The first-order valence-corrected chi connectivity index (χ1v) is 8.27. The molecule has 2 aromatic heterocycles. The minimum absolute atomic E-state index is 0.0469. The Bertz CT molecular complexity index is 1000. The molecule has 0 unspecified atom stereocenters. The van der Waals surface area contributed by atoms with Gasteiger partial charge in [-0.25, -0.2) is 9.59 Å². The molecule has 0 spiro atoms. The van der Waals surface area contributed by atoms with Crippen LogP contribution in [0.15, 0.2) is 73.1 Å². The first-order chi connectivity index (χ1) is 12.6. The SMILES string of the molecule is O=C(On1ccccc1=S)c1ccccc1C(=O)On1ccccc1=S. The summed E-state index contributed by atoms with van der Waals surface area (Å²) in [6, 6.07) is 16.2. The van der Waals surface area contributed by atoms with Gasteiger partial charge in [0.15, 0.2) is 0 Å². The Kier molecular flexibility index (Phi) is 5.35. The lowest BCUT2D eigenvalue weighted by Gasteiger charge is -2.11. The number of nitrogens with zero attached hydrogens (tertiary/aromatic N) is 2. The summed E-state index contributed by atoms with van der Waals surface area (Å²) >= 11 is 10.2. The highest BCUT2D eigenvalue weighted by atomic mass is 32.1. The number of pyridine rings is 2. The van der Waals surface area contributed by atoms with E-state index in [-0.39, 0.29) is 11.1 Å². The summed E-state index contributed by atoms with van der Waals surface area (Å²) in [7, 11) is 0. The Labute approximate surface area is 158 Å². The number of carbonyl (C=O) groups is 2. The maximum Gasteiger partial charge on any atom is 0.364 e. The monoisotopic (exact) mass is 384 g/mol. The molecular formula is C18H12N2O4S2. The molecule has 26 heavy (non-hydrogen) atoms. The van der Waals surface area contributed by atoms with Crippen molar-refractivity contribution in [1.29, 1.82) is 0 Å². The molecule has 1 aromatic carbocycles. The van der Waals surface area contributed by atoms with E-state index in [4.69, 9.17) is 34.1 Å². The molecule has 0 saturated carbocycles. The number of hydrogen-bond donors (Lipinski definition) is 0. The van der Waals surface area contributed by atoms with Crippen LogP contribution in [0.2, 0.25) is 0 Å². The van der Waals surface area contributed by atoms with Gasteiger partial charge in [0.05, 0.1) is 11.1 Å². The fourth-order valence-electron chi connectivity index (χ4n) is 2.09. The zero-order chi connectivity index (χ0) is 18.5. The van der Waals surface area contributed by atoms with Crippen LogP contribution in [0.25, 0.3) is 0 Å². The Balaban J connectivity index is 1.88. The third-order valence-corrected chi connectivity index (χ3v) is 3.94. The Hall–Kier alpha value is -3.10. The van der Waals surface area contributed by atoms with Gasteiger partial charge in [-0.15, -0.1) is 0 Å². The van der Waals surface area contributed by atoms with Crippen molar-refractivity contribution < 1.29 is 19.3 Å². The van der Waals surface area contributed by atoms with Gasteiger partial charge in [0, 0.05) is 12.4 Å². The van der Waals surface area contributed by atoms with Crippen LogP contribution in [0.4, 0.5) is 0 Å². The van der Waals surface area contributed by atoms with Crippen LogP contribution < -0.4 is 9.68 Å². The highest BCUT2D eigenvalue weighted by Gasteiger charge is 2.20. The first-order valence-electron chi connectivity index (χ1n) is 7.46. The van der Waals surface area contributed by atoms with E-state index in [1.165, 1.54) is 24.5 Å². The van der Waals surface area contributed by atoms with Gasteiger partial charge in [0.1, 0.15) is 9.28 Å². The third kappa shape index (κ3) is 3.93. The largest absolute Gasteiger partial charge is 0.364 e. The molecule has 2 heterocycles. The summed E-state index contributed by atoms with van der Waals surface area (Å²) in [6.45, 7) is 0. The molecular weight excluding hydrogens is 372 g/mol. The van der Waals surface area contributed by atoms with Gasteiger partial charge < -0.3 is 9.68 Å². The van der Waals surface area contributed by atoms with Crippen LogP contribution in [0, 0.1) is 9.28 Å². The molecule has 0 saturated heterocycles. The molecule has 3 rings (SSSR count). The van der Waals surface area contributed by atoms with Crippen LogP contribution in [-0.4, -0.2) is 21.4 Å². The van der Waals surface area contributed by atoms with Crippen molar-refractivity contribution >= 4 is 36.4 Å². The van der Waals surface area contributed by atoms with Gasteiger partial charge in [-0.05, 0) is 36.4 Å². The molecule has 0 bridgehead atoms. The Morgan fingerprint density at radius 1 is 0.654 bits per heavy atom. The summed E-state index contributed by atoms with van der Waals surface area (Å²) in [6.07, 6.45) is 3.01. The molecule has 0 radical (unpaired) electrons. The number of carbonyl (C=O) groups excluding carboxylic acids is 2. The van der Waals surface area contributed by atoms with Crippen LogP contribution in [0.3, 0.4) is 0 Å². The average molecular weight is 384 g/mol. The van der Waals surface area contributed by atoms with Crippen molar-refractivity contribution in [2.24, 2.45) is 0 Å². The molecule has 0 amide bonds. The molecule has 0 aliphatic rings. The lowest BCUT2D eigenvalue weighted by Crippen LogP contribution is -2.26. The van der Waals surface area contributed by atoms with Crippen LogP contribution in [0.1, 0.15) is 20.7 Å². The van der Waals surface area contributed by atoms with E-state index in [1.807, 2.05) is 0 Å². The standard InChI is InChI=1S/C18H12N2O4S2/c21-17(23-19-11-5-3-9-15(19)25)13-7-1-2-8-14(13)18(22)24-20-12-6-4-10-16(20)26/h1-12H. The average Bonchev–Trinajstić information content (AvgIpc) is 2.65. The predicted octanol–water partition coefficient (Wildman–Crippen LogP) is 3.29. The number of hydrogen-bond acceptors (Lipinski definition) is 6. The van der Waals surface area contributed by atoms with Crippen molar-refractivity contribution in [3.05, 3.63) is 93.5 Å². The third-order valence-electron chi connectivity index (χ3n) is 3.31. The van der Waals surface area contributed by atoms with E-state index in [1.54, 1.807) is 48.5 Å². The quantitative estimate of drug-likeness (QED) is 0.644. The lowest BCUT2D eigenvalue weighted by molar-refractivity contribution is 0.0405. The van der Waals surface area contributed by atoms with Gasteiger partial charge in [-0.1, -0.05) is 48.7 Å². The van der Waals surface area contributed by atoms with Crippen molar-refractivity contribution in [1.82, 2.24) is 9.46 Å². The van der Waals surface area contributed by atoms with Gasteiger partial charge in [-0.3, -0.25) is 0 Å². The second kappa shape index (κ2) is 7.85. The molecule has 0 aliphatic heterocycles. The molecule has 8 heteroatoms. The van der Waals surface area contributed by atoms with E-state index >= 15 is 0 Å². The summed E-state index contributed by atoms with van der Waals surface area (Å²) in [4.78, 5) is 35.4. The smallest absolute Gasteiger partial charge is 0.330 e. The van der Waals surface area contributed by atoms with Gasteiger partial charge in [-0.2, -0.15) is 9.46 Å². The zero-order valence-electron chi connectivity index (χ0n) is 13.3. The topological polar surface area (TPSA) is 62.5 Å². The minimum Gasteiger partial charge on any atom is -0.330 e. The molecule has 0 N–H and O–H groups in total. The van der Waals surface area contributed by atoms with E-state index in [0.29, 0.717) is 9.28 Å². The van der Waals surface area contributed by atoms with Crippen molar-refractivity contribution in [2.75, 3.05) is 0 Å². The van der Waals surface area contributed by atoms with E-state index in [9.17, 15) is 9.59 Å². The minimum atomic E-state index is -0.739. The summed E-state index contributed by atoms with van der Waals surface area (Å²) in [5.74, 6) is -1.48. The fourth-order valence-corrected chi connectivity index (χ4v) is 2.45. The van der Waals surface area contributed by atoms with Gasteiger partial charge >= 0.3 is 11.9 Å². The predicted molar refractivity (Wildman–Crippen MR) is 98.8 cm³/mol. The van der Waals surface area contributed by atoms with Crippen LogP contribution in [0.5, 0.6) is 0 Å². The van der Waals surface area contributed by atoms with Crippen molar-refractivity contribution in [2.45, 2.75) is 0 Å². The molecule has 0 fully saturated rings.